The highest BCUT2D eigenvalue weighted by Gasteiger charge is 2.15. The third-order valence-corrected chi connectivity index (χ3v) is 3.73. The molecule has 2 aromatic carbocycles. The summed E-state index contributed by atoms with van der Waals surface area (Å²) in [7, 11) is 0. The van der Waals surface area contributed by atoms with E-state index in [2.05, 4.69) is 10.6 Å². The van der Waals surface area contributed by atoms with Gasteiger partial charge in [0.1, 0.15) is 5.75 Å². The van der Waals surface area contributed by atoms with Crippen LogP contribution in [0.1, 0.15) is 18.1 Å². The van der Waals surface area contributed by atoms with Gasteiger partial charge in [-0.25, -0.2) is 4.79 Å². The summed E-state index contributed by atoms with van der Waals surface area (Å²) in [5.74, 6) is 0.391. The molecule has 0 aliphatic carbocycles. The first-order valence-corrected chi connectivity index (χ1v) is 8.09. The lowest BCUT2D eigenvalue weighted by atomic mass is 10.2. The number of rotatable bonds is 6. The zero-order valence-electron chi connectivity index (χ0n) is 14.0. The molecule has 1 atom stereocenters. The van der Waals surface area contributed by atoms with Crippen LogP contribution in [0.25, 0.3) is 0 Å². The minimum absolute atomic E-state index is 0.228. The number of urea groups is 1. The molecule has 0 bridgehead atoms. The Morgan fingerprint density at radius 3 is 2.48 bits per heavy atom. The summed E-state index contributed by atoms with van der Waals surface area (Å²) >= 11 is 5.91. The van der Waals surface area contributed by atoms with E-state index in [4.69, 9.17) is 22.1 Å². The lowest BCUT2D eigenvalue weighted by Crippen LogP contribution is -2.36. The van der Waals surface area contributed by atoms with Crippen molar-refractivity contribution in [2.24, 2.45) is 5.73 Å². The number of nitrogens with two attached hydrogens (primary N) is 1. The van der Waals surface area contributed by atoms with Crippen LogP contribution in [-0.4, -0.2) is 18.0 Å². The summed E-state index contributed by atoms with van der Waals surface area (Å²) < 4.78 is 5.68. The quantitative estimate of drug-likeness (QED) is 0.737. The molecule has 0 aliphatic rings. The van der Waals surface area contributed by atoms with Crippen LogP contribution in [0.4, 0.5) is 10.5 Å². The van der Waals surface area contributed by atoms with Crippen LogP contribution in [0.3, 0.4) is 0 Å². The minimum Gasteiger partial charge on any atom is -0.481 e. The molecule has 0 fully saturated rings. The van der Waals surface area contributed by atoms with Gasteiger partial charge in [0.05, 0.1) is 0 Å². The monoisotopic (exact) mass is 361 g/mol. The number of ether oxygens (including phenoxy) is 1. The summed E-state index contributed by atoms with van der Waals surface area (Å²) in [6.45, 7) is 3.90. The van der Waals surface area contributed by atoms with Crippen LogP contribution >= 0.6 is 11.6 Å². The molecule has 25 heavy (non-hydrogen) atoms. The highest BCUT2D eigenvalue weighted by Crippen LogP contribution is 2.22. The highest BCUT2D eigenvalue weighted by molar-refractivity contribution is 6.30. The topological polar surface area (TPSA) is 93.4 Å². The van der Waals surface area contributed by atoms with E-state index in [0.29, 0.717) is 23.0 Å². The van der Waals surface area contributed by atoms with E-state index in [0.717, 1.165) is 11.1 Å². The van der Waals surface area contributed by atoms with E-state index in [1.165, 1.54) is 0 Å². The number of aryl methyl sites for hydroxylation is 1. The molecule has 0 spiro atoms. The van der Waals surface area contributed by atoms with Crippen molar-refractivity contribution in [3.8, 4) is 5.75 Å². The maximum atomic E-state index is 12.2. The molecule has 0 saturated carbocycles. The number of benzene rings is 2. The average molecular weight is 362 g/mol. The first kappa shape index (κ1) is 18.6. The van der Waals surface area contributed by atoms with Crippen molar-refractivity contribution >= 4 is 29.2 Å². The fourth-order valence-corrected chi connectivity index (χ4v) is 2.40. The van der Waals surface area contributed by atoms with Crippen LogP contribution in [0.2, 0.25) is 5.02 Å². The van der Waals surface area contributed by atoms with E-state index in [1.807, 2.05) is 6.92 Å². The first-order chi connectivity index (χ1) is 11.8. The molecule has 2 rings (SSSR count). The van der Waals surface area contributed by atoms with Gasteiger partial charge < -0.3 is 21.1 Å². The van der Waals surface area contributed by atoms with Gasteiger partial charge >= 0.3 is 6.03 Å². The Morgan fingerprint density at radius 2 is 1.88 bits per heavy atom. The molecule has 0 radical (unpaired) electrons. The Labute approximate surface area is 151 Å². The number of carbonyl (C=O) groups excluding carboxylic acids is 2. The molecule has 0 aliphatic heterocycles. The highest BCUT2D eigenvalue weighted by atomic mass is 35.5. The van der Waals surface area contributed by atoms with Crippen LogP contribution in [0, 0.1) is 6.92 Å². The van der Waals surface area contributed by atoms with Crippen molar-refractivity contribution in [2.75, 3.05) is 5.32 Å². The Kier molecular flexibility index (Phi) is 6.25. The van der Waals surface area contributed by atoms with Crippen LogP contribution in [0.5, 0.6) is 5.75 Å². The molecule has 0 heterocycles. The van der Waals surface area contributed by atoms with Gasteiger partial charge in [0.2, 0.25) is 0 Å². The van der Waals surface area contributed by atoms with Crippen molar-refractivity contribution in [1.29, 1.82) is 0 Å². The second-order valence-corrected chi connectivity index (χ2v) is 6.01. The lowest BCUT2D eigenvalue weighted by molar-refractivity contribution is -0.127. The van der Waals surface area contributed by atoms with Gasteiger partial charge in [-0.15, -0.1) is 0 Å². The number of amides is 3. The number of hydrogen-bond donors (Lipinski definition) is 3. The number of anilines is 1. The maximum absolute atomic E-state index is 12.2. The average Bonchev–Trinajstić information content (AvgIpc) is 2.56. The van der Waals surface area contributed by atoms with Crippen LogP contribution in [-0.2, 0) is 11.3 Å². The summed E-state index contributed by atoms with van der Waals surface area (Å²) in [6, 6.07) is 11.6. The lowest BCUT2D eigenvalue weighted by Gasteiger charge is -2.16. The number of hydrogen-bond acceptors (Lipinski definition) is 3. The summed E-state index contributed by atoms with van der Waals surface area (Å²) in [5.41, 5.74) is 7.40. The molecular formula is C18H20ClN3O3. The van der Waals surface area contributed by atoms with Gasteiger partial charge in [-0.1, -0.05) is 23.7 Å². The molecule has 3 amide bonds. The van der Waals surface area contributed by atoms with E-state index in [9.17, 15) is 9.59 Å². The zero-order valence-corrected chi connectivity index (χ0v) is 14.8. The molecule has 1 unspecified atom stereocenters. The Bertz CT molecular complexity index is 763. The summed E-state index contributed by atoms with van der Waals surface area (Å²) in [6.07, 6.45) is -0.643. The van der Waals surface area contributed by atoms with Crippen molar-refractivity contribution in [2.45, 2.75) is 26.5 Å². The normalized spacial score (nSPS) is 11.5. The van der Waals surface area contributed by atoms with Crippen molar-refractivity contribution < 1.29 is 14.3 Å². The van der Waals surface area contributed by atoms with Crippen molar-refractivity contribution in [3.63, 3.8) is 0 Å². The van der Waals surface area contributed by atoms with Gasteiger partial charge in [-0.05, 0) is 55.3 Å². The Hall–Kier alpha value is -2.73. The zero-order chi connectivity index (χ0) is 18.4. The largest absolute Gasteiger partial charge is 0.481 e. The smallest absolute Gasteiger partial charge is 0.316 e. The Balaban J connectivity index is 1.87. The molecule has 0 aromatic heterocycles. The number of halogens is 1. The number of nitrogens with one attached hydrogen (secondary N) is 2. The van der Waals surface area contributed by atoms with Gasteiger partial charge in [0, 0.05) is 17.3 Å². The van der Waals surface area contributed by atoms with Gasteiger partial charge in [-0.2, -0.15) is 0 Å². The molecule has 132 valence electrons. The Morgan fingerprint density at radius 1 is 1.20 bits per heavy atom. The number of primary amides is 1. The van der Waals surface area contributed by atoms with Crippen LogP contribution in [0.15, 0.2) is 42.5 Å². The molecule has 6 nitrogen and oxygen atoms in total. The standard InChI is InChI=1S/C18H20ClN3O3/c1-11-9-14(19)5-8-16(11)25-12(2)17(23)21-10-13-3-6-15(7-4-13)22-18(20)24/h3-9,12H,10H2,1-2H3,(H,21,23)(H3,20,22,24). The predicted octanol–water partition coefficient (Wildman–Crippen LogP) is 3.22. The van der Waals surface area contributed by atoms with E-state index in [-0.39, 0.29) is 5.91 Å². The van der Waals surface area contributed by atoms with Gasteiger partial charge in [0.15, 0.2) is 6.10 Å². The minimum atomic E-state index is -0.643. The summed E-state index contributed by atoms with van der Waals surface area (Å²) in [4.78, 5) is 22.9. The van der Waals surface area contributed by atoms with Crippen molar-refractivity contribution in [1.82, 2.24) is 5.32 Å². The van der Waals surface area contributed by atoms with E-state index >= 15 is 0 Å². The van der Waals surface area contributed by atoms with Crippen LogP contribution < -0.4 is 21.1 Å². The third kappa shape index (κ3) is 5.69. The van der Waals surface area contributed by atoms with Crippen molar-refractivity contribution in [3.05, 3.63) is 58.6 Å². The molecule has 4 N–H and O–H groups in total. The molecule has 2 aromatic rings. The van der Waals surface area contributed by atoms with Gasteiger partial charge in [-0.3, -0.25) is 4.79 Å². The molecule has 7 heteroatoms. The third-order valence-electron chi connectivity index (χ3n) is 3.50. The molecule has 0 saturated heterocycles. The van der Waals surface area contributed by atoms with E-state index in [1.54, 1.807) is 49.4 Å². The number of carbonyl (C=O) groups is 2. The predicted molar refractivity (Wildman–Crippen MR) is 97.8 cm³/mol. The first-order valence-electron chi connectivity index (χ1n) is 7.71. The fourth-order valence-electron chi connectivity index (χ4n) is 2.17. The molecular weight excluding hydrogens is 342 g/mol. The van der Waals surface area contributed by atoms with E-state index < -0.39 is 12.1 Å². The van der Waals surface area contributed by atoms with Gasteiger partial charge in [0.25, 0.3) is 5.91 Å². The fraction of sp³-hybridized carbons (Fsp3) is 0.222. The second kappa shape index (κ2) is 8.39. The second-order valence-electron chi connectivity index (χ2n) is 5.57. The maximum Gasteiger partial charge on any atom is 0.316 e. The SMILES string of the molecule is Cc1cc(Cl)ccc1OC(C)C(=O)NCc1ccc(NC(N)=O)cc1. The summed E-state index contributed by atoms with van der Waals surface area (Å²) in [5, 5.41) is 5.90.